The molecule has 0 aliphatic heterocycles. The lowest BCUT2D eigenvalue weighted by Crippen LogP contribution is -2.12. The number of benzene rings is 2. The van der Waals surface area contributed by atoms with Gasteiger partial charge in [-0.05, 0) is 36.4 Å². The lowest BCUT2D eigenvalue weighted by atomic mass is 10.1. The van der Waals surface area contributed by atoms with Gasteiger partial charge in [0.1, 0.15) is 0 Å². The van der Waals surface area contributed by atoms with Crippen molar-refractivity contribution in [2.45, 2.75) is 6.18 Å². The van der Waals surface area contributed by atoms with E-state index in [1.54, 1.807) is 0 Å². The molecule has 0 saturated heterocycles. The second kappa shape index (κ2) is 8.31. The first-order valence-corrected chi connectivity index (χ1v) is 8.39. The molecule has 2 aromatic carbocycles. The summed E-state index contributed by atoms with van der Waals surface area (Å²) in [5, 5.41) is 5.98. The molecule has 158 valence electrons. The second-order valence-electron chi connectivity index (χ2n) is 5.87. The molecule has 3 aromatic rings. The van der Waals surface area contributed by atoms with E-state index < -0.39 is 18.0 Å². The van der Waals surface area contributed by atoms with Crippen LogP contribution >= 0.6 is 0 Å². The topological polar surface area (TPSA) is 95.7 Å². The highest BCUT2D eigenvalue weighted by molar-refractivity contribution is 6.05. The van der Waals surface area contributed by atoms with Crippen LogP contribution in [0.2, 0.25) is 0 Å². The molecule has 0 fully saturated rings. The van der Waals surface area contributed by atoms with Gasteiger partial charge in [-0.3, -0.25) is 4.79 Å². The molecule has 0 unspecified atom stereocenters. The molecule has 0 spiro atoms. The molecule has 11 heteroatoms. The Labute approximate surface area is 168 Å². The number of carbonyl (C=O) groups is 1. The standard InChI is InChI=1S/C19H16F3N3O5/c1-27-13-8-11(9-14(28-2)15(13)29-3)17(26)23-12-6-4-10(5-7-12)16-24-18(30-25-16)19(20,21)22/h4-9H,1-3H3,(H,23,26). The van der Waals surface area contributed by atoms with E-state index in [1.165, 1.54) is 57.7 Å². The third-order valence-electron chi connectivity index (χ3n) is 4.00. The highest BCUT2D eigenvalue weighted by Gasteiger charge is 2.38. The summed E-state index contributed by atoms with van der Waals surface area (Å²) in [7, 11) is 4.31. The Morgan fingerprint density at radius 2 is 1.60 bits per heavy atom. The number of nitrogens with zero attached hydrogens (tertiary/aromatic N) is 2. The number of anilines is 1. The van der Waals surface area contributed by atoms with Gasteiger partial charge in [-0.25, -0.2) is 0 Å². The molecule has 0 atom stereocenters. The number of nitrogens with one attached hydrogen (secondary N) is 1. The van der Waals surface area contributed by atoms with Crippen LogP contribution in [-0.4, -0.2) is 37.4 Å². The van der Waals surface area contributed by atoms with Gasteiger partial charge in [-0.2, -0.15) is 18.2 Å². The molecule has 1 amide bonds. The summed E-state index contributed by atoms with van der Waals surface area (Å²) in [6, 6.07) is 8.88. The second-order valence-corrected chi connectivity index (χ2v) is 5.87. The van der Waals surface area contributed by atoms with Crippen molar-refractivity contribution >= 4 is 11.6 Å². The zero-order valence-corrected chi connectivity index (χ0v) is 16.0. The minimum Gasteiger partial charge on any atom is -0.493 e. The van der Waals surface area contributed by atoms with E-state index in [-0.39, 0.29) is 11.4 Å². The average Bonchev–Trinajstić information content (AvgIpc) is 3.24. The lowest BCUT2D eigenvalue weighted by Gasteiger charge is -2.14. The summed E-state index contributed by atoms with van der Waals surface area (Å²) in [6.07, 6.45) is -4.72. The third-order valence-corrected chi connectivity index (χ3v) is 4.00. The first-order chi connectivity index (χ1) is 14.3. The molecule has 0 radical (unpaired) electrons. The van der Waals surface area contributed by atoms with Gasteiger partial charge >= 0.3 is 12.1 Å². The highest BCUT2D eigenvalue weighted by Crippen LogP contribution is 2.38. The SMILES string of the molecule is COc1cc(C(=O)Nc2ccc(-c3noc(C(F)(F)F)n3)cc2)cc(OC)c1OC. The summed E-state index contributed by atoms with van der Waals surface area (Å²) in [5.41, 5.74) is 0.943. The molecular formula is C19H16F3N3O5. The van der Waals surface area contributed by atoms with Crippen LogP contribution in [0.15, 0.2) is 40.9 Å². The van der Waals surface area contributed by atoms with Crippen molar-refractivity contribution in [3.63, 3.8) is 0 Å². The van der Waals surface area contributed by atoms with Gasteiger partial charge in [0.05, 0.1) is 21.3 Å². The Bertz CT molecular complexity index is 1020. The van der Waals surface area contributed by atoms with Crippen molar-refractivity contribution in [2.24, 2.45) is 0 Å². The van der Waals surface area contributed by atoms with Crippen LogP contribution in [-0.2, 0) is 6.18 Å². The summed E-state index contributed by atoms with van der Waals surface area (Å²) < 4.78 is 57.6. The number of hydrogen-bond acceptors (Lipinski definition) is 7. The Kier molecular flexibility index (Phi) is 5.81. The molecule has 1 N–H and O–H groups in total. The Hall–Kier alpha value is -3.76. The number of hydrogen-bond donors (Lipinski definition) is 1. The van der Waals surface area contributed by atoms with Crippen LogP contribution < -0.4 is 19.5 Å². The number of methoxy groups -OCH3 is 3. The molecule has 1 heterocycles. The summed E-state index contributed by atoms with van der Waals surface area (Å²) >= 11 is 0. The maximum Gasteiger partial charge on any atom is 0.471 e. The quantitative estimate of drug-likeness (QED) is 0.639. The number of carbonyl (C=O) groups excluding carboxylic acids is 1. The number of ether oxygens (including phenoxy) is 3. The van der Waals surface area contributed by atoms with Crippen LogP contribution in [0.25, 0.3) is 11.4 Å². The largest absolute Gasteiger partial charge is 0.493 e. The number of rotatable bonds is 6. The van der Waals surface area contributed by atoms with Crippen molar-refractivity contribution in [1.29, 1.82) is 0 Å². The fourth-order valence-corrected chi connectivity index (χ4v) is 2.57. The molecule has 0 aliphatic carbocycles. The van der Waals surface area contributed by atoms with Crippen molar-refractivity contribution in [1.82, 2.24) is 10.1 Å². The zero-order valence-electron chi connectivity index (χ0n) is 16.0. The van der Waals surface area contributed by atoms with Gasteiger partial charge in [0.25, 0.3) is 5.91 Å². The Morgan fingerprint density at radius 3 is 2.07 bits per heavy atom. The molecule has 1 aromatic heterocycles. The number of aromatic nitrogens is 2. The van der Waals surface area contributed by atoms with Crippen molar-refractivity contribution in [2.75, 3.05) is 26.6 Å². The molecule has 3 rings (SSSR count). The van der Waals surface area contributed by atoms with Crippen molar-refractivity contribution in [3.8, 4) is 28.6 Å². The number of amides is 1. The maximum atomic E-state index is 12.6. The zero-order chi connectivity index (χ0) is 21.9. The fourth-order valence-electron chi connectivity index (χ4n) is 2.57. The Morgan fingerprint density at radius 1 is 1.00 bits per heavy atom. The van der Waals surface area contributed by atoms with E-state index in [2.05, 4.69) is 20.0 Å². The van der Waals surface area contributed by atoms with Gasteiger partial charge in [0.15, 0.2) is 11.5 Å². The van der Waals surface area contributed by atoms with Gasteiger partial charge < -0.3 is 24.1 Å². The molecule has 0 bridgehead atoms. The minimum absolute atomic E-state index is 0.218. The predicted molar refractivity (Wildman–Crippen MR) is 98.8 cm³/mol. The summed E-state index contributed by atoms with van der Waals surface area (Å²) in [5.74, 6) is -1.13. The molecule has 8 nitrogen and oxygen atoms in total. The van der Waals surface area contributed by atoms with E-state index in [0.29, 0.717) is 28.5 Å². The number of halogens is 3. The summed E-state index contributed by atoms with van der Waals surface area (Å²) in [6.45, 7) is 0. The van der Waals surface area contributed by atoms with E-state index in [1.807, 2.05) is 0 Å². The van der Waals surface area contributed by atoms with Crippen LogP contribution in [0.5, 0.6) is 17.2 Å². The van der Waals surface area contributed by atoms with Gasteiger partial charge in [-0.1, -0.05) is 5.16 Å². The fraction of sp³-hybridized carbons (Fsp3) is 0.211. The first kappa shape index (κ1) is 21.0. The smallest absolute Gasteiger partial charge is 0.471 e. The number of alkyl halides is 3. The van der Waals surface area contributed by atoms with E-state index in [0.717, 1.165) is 0 Å². The first-order valence-electron chi connectivity index (χ1n) is 8.39. The van der Waals surface area contributed by atoms with E-state index in [9.17, 15) is 18.0 Å². The minimum atomic E-state index is -4.72. The average molecular weight is 423 g/mol. The molecule has 0 aliphatic rings. The normalized spacial score (nSPS) is 11.1. The lowest BCUT2D eigenvalue weighted by molar-refractivity contribution is -0.159. The van der Waals surface area contributed by atoms with Crippen molar-refractivity contribution < 1.29 is 36.7 Å². The molecular weight excluding hydrogens is 407 g/mol. The van der Waals surface area contributed by atoms with E-state index >= 15 is 0 Å². The Balaban J connectivity index is 1.79. The van der Waals surface area contributed by atoms with Gasteiger partial charge in [-0.15, -0.1) is 0 Å². The molecule has 30 heavy (non-hydrogen) atoms. The van der Waals surface area contributed by atoms with Crippen LogP contribution in [0.4, 0.5) is 18.9 Å². The van der Waals surface area contributed by atoms with Crippen LogP contribution in [0.3, 0.4) is 0 Å². The monoisotopic (exact) mass is 423 g/mol. The maximum absolute atomic E-state index is 12.6. The summed E-state index contributed by atoms with van der Waals surface area (Å²) in [4.78, 5) is 15.9. The van der Waals surface area contributed by atoms with E-state index in [4.69, 9.17) is 14.2 Å². The van der Waals surface area contributed by atoms with Crippen LogP contribution in [0.1, 0.15) is 16.2 Å². The van der Waals surface area contributed by atoms with Gasteiger partial charge in [0, 0.05) is 16.8 Å². The van der Waals surface area contributed by atoms with Crippen molar-refractivity contribution in [3.05, 3.63) is 47.9 Å². The molecule has 0 saturated carbocycles. The highest BCUT2D eigenvalue weighted by atomic mass is 19.4. The van der Waals surface area contributed by atoms with Crippen LogP contribution in [0, 0.1) is 0 Å². The predicted octanol–water partition coefficient (Wildman–Crippen LogP) is 4.03. The third kappa shape index (κ3) is 4.29. The van der Waals surface area contributed by atoms with Gasteiger partial charge in [0.2, 0.25) is 11.6 Å².